The first-order chi connectivity index (χ1) is 8.63. The lowest BCUT2D eigenvalue weighted by molar-refractivity contribution is 0.0594. The van der Waals surface area contributed by atoms with Crippen molar-refractivity contribution in [2.75, 3.05) is 7.11 Å². The van der Waals surface area contributed by atoms with Crippen LogP contribution in [-0.2, 0) is 4.74 Å². The summed E-state index contributed by atoms with van der Waals surface area (Å²) in [6.45, 7) is 0. The number of rotatable bonds is 2. The molecule has 0 spiro atoms. The molecule has 1 aromatic heterocycles. The number of carbonyl (C=O) groups is 1. The number of ether oxygens (including phenoxy) is 1. The molecule has 1 aromatic carbocycles. The Balaban J connectivity index is 2.55. The summed E-state index contributed by atoms with van der Waals surface area (Å²) in [6.07, 6.45) is 1.24. The van der Waals surface area contributed by atoms with Crippen LogP contribution in [0.3, 0.4) is 0 Å². The van der Waals surface area contributed by atoms with Crippen LogP contribution in [0, 0.1) is 11.6 Å². The molecule has 92 valence electrons. The molecule has 0 saturated heterocycles. The van der Waals surface area contributed by atoms with Crippen LogP contribution < -0.4 is 0 Å². The lowest BCUT2D eigenvalue weighted by Crippen LogP contribution is -2.06. The molecule has 0 amide bonds. The Bertz CT molecular complexity index is 582. The molecular formula is C12H8F2N2O2. The normalized spacial score (nSPS) is 10.2. The number of hydrogen-bond donors (Lipinski definition) is 0. The van der Waals surface area contributed by atoms with Crippen molar-refractivity contribution in [3.05, 3.63) is 47.8 Å². The topological polar surface area (TPSA) is 52.1 Å². The Morgan fingerprint density at radius 1 is 1.22 bits per heavy atom. The molecule has 0 saturated carbocycles. The molecule has 0 radical (unpaired) electrons. The molecule has 18 heavy (non-hydrogen) atoms. The third-order valence-electron chi connectivity index (χ3n) is 2.24. The van der Waals surface area contributed by atoms with Crippen molar-refractivity contribution in [1.29, 1.82) is 0 Å². The van der Waals surface area contributed by atoms with Gasteiger partial charge in [-0.1, -0.05) is 6.07 Å². The Labute approximate surface area is 101 Å². The molecule has 4 nitrogen and oxygen atoms in total. The molecule has 0 bridgehead atoms. The van der Waals surface area contributed by atoms with Crippen LogP contribution in [0.15, 0.2) is 30.5 Å². The van der Waals surface area contributed by atoms with E-state index in [0.717, 1.165) is 12.1 Å². The molecule has 0 atom stereocenters. The Morgan fingerprint density at radius 3 is 2.50 bits per heavy atom. The van der Waals surface area contributed by atoms with Crippen molar-refractivity contribution in [3.8, 4) is 11.4 Å². The molecule has 6 heteroatoms. The van der Waals surface area contributed by atoms with Crippen LogP contribution in [-0.4, -0.2) is 23.0 Å². The monoisotopic (exact) mass is 250 g/mol. The van der Waals surface area contributed by atoms with Gasteiger partial charge in [-0.2, -0.15) is 0 Å². The van der Waals surface area contributed by atoms with Crippen molar-refractivity contribution in [2.24, 2.45) is 0 Å². The molecule has 0 unspecified atom stereocenters. The highest BCUT2D eigenvalue weighted by molar-refractivity contribution is 5.87. The molecule has 2 aromatic rings. The maximum atomic E-state index is 13.5. The summed E-state index contributed by atoms with van der Waals surface area (Å²) in [6, 6.07) is 4.71. The predicted molar refractivity (Wildman–Crippen MR) is 58.7 cm³/mol. The van der Waals surface area contributed by atoms with Gasteiger partial charge in [-0.25, -0.2) is 23.5 Å². The van der Waals surface area contributed by atoms with E-state index >= 15 is 0 Å². The van der Waals surface area contributed by atoms with Gasteiger partial charge in [-0.3, -0.25) is 0 Å². The van der Waals surface area contributed by atoms with Gasteiger partial charge in [-0.05, 0) is 18.2 Å². The maximum Gasteiger partial charge on any atom is 0.356 e. The zero-order valence-electron chi connectivity index (χ0n) is 9.35. The third kappa shape index (κ3) is 2.17. The van der Waals surface area contributed by atoms with Gasteiger partial charge >= 0.3 is 5.97 Å². The van der Waals surface area contributed by atoms with E-state index in [1.54, 1.807) is 0 Å². The summed E-state index contributed by atoms with van der Waals surface area (Å²) < 4.78 is 31.5. The highest BCUT2D eigenvalue weighted by atomic mass is 19.1. The number of hydrogen-bond acceptors (Lipinski definition) is 4. The number of aromatic nitrogens is 2. The van der Waals surface area contributed by atoms with E-state index in [2.05, 4.69) is 14.7 Å². The van der Waals surface area contributed by atoms with Gasteiger partial charge in [0.15, 0.2) is 11.5 Å². The highest BCUT2D eigenvalue weighted by Gasteiger charge is 2.16. The smallest absolute Gasteiger partial charge is 0.356 e. The summed E-state index contributed by atoms with van der Waals surface area (Å²) in [7, 11) is 1.19. The second kappa shape index (κ2) is 4.87. The first-order valence-electron chi connectivity index (χ1n) is 4.99. The van der Waals surface area contributed by atoms with Crippen LogP contribution in [0.1, 0.15) is 10.5 Å². The van der Waals surface area contributed by atoms with Gasteiger partial charge in [0.2, 0.25) is 0 Å². The predicted octanol–water partition coefficient (Wildman–Crippen LogP) is 2.21. The van der Waals surface area contributed by atoms with Crippen molar-refractivity contribution in [1.82, 2.24) is 9.97 Å². The maximum absolute atomic E-state index is 13.5. The van der Waals surface area contributed by atoms with Crippen molar-refractivity contribution >= 4 is 5.97 Å². The van der Waals surface area contributed by atoms with Gasteiger partial charge < -0.3 is 4.74 Å². The van der Waals surface area contributed by atoms with Gasteiger partial charge in [-0.15, -0.1) is 0 Å². The van der Waals surface area contributed by atoms with Crippen molar-refractivity contribution in [2.45, 2.75) is 0 Å². The average Bonchev–Trinajstić information content (AvgIpc) is 2.38. The van der Waals surface area contributed by atoms with Crippen molar-refractivity contribution in [3.63, 3.8) is 0 Å². The molecule has 0 aliphatic carbocycles. The molecular weight excluding hydrogens is 242 g/mol. The quantitative estimate of drug-likeness (QED) is 0.767. The van der Waals surface area contributed by atoms with E-state index in [0.29, 0.717) is 0 Å². The minimum Gasteiger partial charge on any atom is -0.464 e. The number of benzene rings is 1. The fraction of sp³-hybridized carbons (Fsp3) is 0.0833. The van der Waals surface area contributed by atoms with Gasteiger partial charge in [0, 0.05) is 6.20 Å². The second-order valence-electron chi connectivity index (χ2n) is 3.35. The molecule has 2 rings (SSSR count). The molecule has 0 aliphatic rings. The highest BCUT2D eigenvalue weighted by Crippen LogP contribution is 2.22. The lowest BCUT2D eigenvalue weighted by atomic mass is 10.2. The number of carbonyl (C=O) groups excluding carboxylic acids is 1. The largest absolute Gasteiger partial charge is 0.464 e. The summed E-state index contributed by atoms with van der Waals surface area (Å²) in [5.74, 6) is -2.49. The fourth-order valence-corrected chi connectivity index (χ4v) is 1.41. The first-order valence-corrected chi connectivity index (χ1v) is 4.99. The Hall–Kier alpha value is -2.37. The van der Waals surface area contributed by atoms with Crippen LogP contribution in [0.25, 0.3) is 11.4 Å². The van der Waals surface area contributed by atoms with Gasteiger partial charge in [0.1, 0.15) is 11.6 Å². The number of halogens is 2. The minimum atomic E-state index is -0.794. The number of nitrogens with zero attached hydrogens (tertiary/aromatic N) is 2. The summed E-state index contributed by atoms with van der Waals surface area (Å²) in [4.78, 5) is 18.8. The number of esters is 1. The molecule has 0 N–H and O–H groups in total. The Morgan fingerprint density at radius 2 is 1.89 bits per heavy atom. The Kier molecular flexibility index (Phi) is 3.27. The minimum absolute atomic E-state index is 0.0647. The lowest BCUT2D eigenvalue weighted by Gasteiger charge is -2.04. The summed E-state index contributed by atoms with van der Waals surface area (Å²) in [5, 5.41) is 0. The average molecular weight is 250 g/mol. The van der Waals surface area contributed by atoms with Crippen LogP contribution in [0.5, 0.6) is 0 Å². The van der Waals surface area contributed by atoms with Crippen LogP contribution >= 0.6 is 0 Å². The second-order valence-corrected chi connectivity index (χ2v) is 3.35. The van der Waals surface area contributed by atoms with Crippen molar-refractivity contribution < 1.29 is 18.3 Å². The van der Waals surface area contributed by atoms with E-state index in [9.17, 15) is 13.6 Å². The summed E-state index contributed by atoms with van der Waals surface area (Å²) in [5.41, 5.74) is -0.437. The standard InChI is InChI=1S/C12H8F2N2O2/c1-18-12(17)9-5-6-15-11(16-9)10-7(13)3-2-4-8(10)14/h2-6H,1H3. The summed E-state index contributed by atoms with van der Waals surface area (Å²) >= 11 is 0. The van der Waals surface area contributed by atoms with Crippen LogP contribution in [0.2, 0.25) is 0 Å². The third-order valence-corrected chi connectivity index (χ3v) is 2.24. The molecule has 0 fully saturated rings. The number of methoxy groups -OCH3 is 1. The van der Waals surface area contributed by atoms with Gasteiger partial charge in [0.05, 0.1) is 12.7 Å². The van der Waals surface area contributed by atoms with E-state index in [1.165, 1.54) is 25.4 Å². The molecule has 0 aliphatic heterocycles. The first kappa shape index (κ1) is 12.1. The SMILES string of the molecule is COC(=O)c1ccnc(-c2c(F)cccc2F)n1. The van der Waals surface area contributed by atoms with E-state index < -0.39 is 17.6 Å². The van der Waals surface area contributed by atoms with E-state index in [-0.39, 0.29) is 17.1 Å². The van der Waals surface area contributed by atoms with E-state index in [4.69, 9.17) is 0 Å². The zero-order chi connectivity index (χ0) is 13.1. The van der Waals surface area contributed by atoms with E-state index in [1.807, 2.05) is 0 Å². The zero-order valence-corrected chi connectivity index (χ0v) is 9.35. The van der Waals surface area contributed by atoms with Crippen LogP contribution in [0.4, 0.5) is 8.78 Å². The molecule has 1 heterocycles. The van der Waals surface area contributed by atoms with Gasteiger partial charge in [0.25, 0.3) is 0 Å². The fourth-order valence-electron chi connectivity index (χ4n) is 1.41.